The van der Waals surface area contributed by atoms with Gasteiger partial charge in [-0.2, -0.15) is 13.2 Å². The molecular formula is C17H21F3O2. The number of halogens is 3. The van der Waals surface area contributed by atoms with Gasteiger partial charge in [-0.05, 0) is 42.7 Å². The maximum absolute atomic E-state index is 14.4. The van der Waals surface area contributed by atoms with Crippen molar-refractivity contribution in [2.24, 2.45) is 17.8 Å². The van der Waals surface area contributed by atoms with E-state index >= 15 is 0 Å². The van der Waals surface area contributed by atoms with Crippen LogP contribution in [0.1, 0.15) is 38.2 Å². The van der Waals surface area contributed by atoms with Crippen molar-refractivity contribution in [3.8, 4) is 11.5 Å². The molecule has 3 rings (SSSR count). The van der Waals surface area contributed by atoms with Crippen LogP contribution in [0.2, 0.25) is 0 Å². The van der Waals surface area contributed by atoms with Crippen molar-refractivity contribution in [2.45, 2.75) is 45.1 Å². The van der Waals surface area contributed by atoms with Crippen molar-refractivity contribution in [2.75, 3.05) is 7.11 Å². The van der Waals surface area contributed by atoms with Crippen LogP contribution in [0.3, 0.4) is 0 Å². The van der Waals surface area contributed by atoms with E-state index in [2.05, 4.69) is 6.92 Å². The maximum Gasteiger partial charge on any atom is 0.401 e. The molecule has 1 aliphatic heterocycles. The molecule has 2 aliphatic rings. The number of fused-ring (bicyclic) bond motifs is 1. The summed E-state index contributed by atoms with van der Waals surface area (Å²) in [7, 11) is 1.30. The topological polar surface area (TPSA) is 18.5 Å². The van der Waals surface area contributed by atoms with Crippen molar-refractivity contribution >= 4 is 0 Å². The third kappa shape index (κ3) is 2.66. The number of methoxy groups -OCH3 is 1. The predicted octanol–water partition coefficient (Wildman–Crippen LogP) is 4.80. The van der Waals surface area contributed by atoms with E-state index in [4.69, 9.17) is 9.47 Å². The lowest BCUT2D eigenvalue weighted by Crippen LogP contribution is -2.44. The Morgan fingerprint density at radius 3 is 2.50 bits per heavy atom. The van der Waals surface area contributed by atoms with Crippen LogP contribution in [0.4, 0.5) is 13.2 Å². The van der Waals surface area contributed by atoms with Crippen LogP contribution in [-0.2, 0) is 6.42 Å². The predicted molar refractivity (Wildman–Crippen MR) is 76.8 cm³/mol. The van der Waals surface area contributed by atoms with E-state index in [0.717, 1.165) is 25.7 Å². The van der Waals surface area contributed by atoms with Crippen LogP contribution in [0.25, 0.3) is 0 Å². The van der Waals surface area contributed by atoms with E-state index in [9.17, 15) is 13.2 Å². The monoisotopic (exact) mass is 314 g/mol. The van der Waals surface area contributed by atoms with Crippen LogP contribution in [0.5, 0.6) is 11.5 Å². The minimum absolute atomic E-state index is 0.0653. The third-order valence-electron chi connectivity index (χ3n) is 5.10. The molecule has 1 saturated carbocycles. The number of benzene rings is 1. The molecule has 0 spiro atoms. The number of alkyl halides is 2. The van der Waals surface area contributed by atoms with Crippen molar-refractivity contribution < 1.29 is 22.6 Å². The van der Waals surface area contributed by atoms with Crippen LogP contribution in [-0.4, -0.2) is 13.2 Å². The van der Waals surface area contributed by atoms with E-state index in [1.807, 2.05) is 0 Å². The van der Waals surface area contributed by atoms with Gasteiger partial charge in [-0.3, -0.25) is 0 Å². The number of ether oxygens (including phenoxy) is 2. The minimum atomic E-state index is -3.33. The molecule has 0 bridgehead atoms. The molecule has 1 aromatic carbocycles. The summed E-state index contributed by atoms with van der Waals surface area (Å²) in [5.74, 6) is -1.60. The standard InChI is InChI=1S/C17H21F3O2/c1-10-3-5-11(6-4-10)13-9-12-7-8-14(21-2)15(18)16(12)22-17(13,19)20/h7-8,10-11,13H,3-6,9H2,1-2H3. The zero-order valence-corrected chi connectivity index (χ0v) is 12.9. The molecular weight excluding hydrogens is 293 g/mol. The smallest absolute Gasteiger partial charge is 0.401 e. The average molecular weight is 314 g/mol. The highest BCUT2D eigenvalue weighted by Gasteiger charge is 2.51. The Hall–Kier alpha value is -1.39. The first-order valence-corrected chi connectivity index (χ1v) is 7.84. The van der Waals surface area contributed by atoms with Crippen molar-refractivity contribution in [3.05, 3.63) is 23.5 Å². The molecule has 0 radical (unpaired) electrons. The van der Waals surface area contributed by atoms with Crippen molar-refractivity contribution in [1.29, 1.82) is 0 Å². The van der Waals surface area contributed by atoms with Gasteiger partial charge >= 0.3 is 6.11 Å². The summed E-state index contributed by atoms with van der Waals surface area (Å²) in [5.41, 5.74) is 0.507. The molecule has 0 saturated heterocycles. The molecule has 1 unspecified atom stereocenters. The summed E-state index contributed by atoms with van der Waals surface area (Å²) in [4.78, 5) is 0. The van der Waals surface area contributed by atoms with Gasteiger partial charge in [0.1, 0.15) is 0 Å². The van der Waals surface area contributed by atoms with E-state index in [-0.39, 0.29) is 23.8 Å². The summed E-state index contributed by atoms with van der Waals surface area (Å²) >= 11 is 0. The fraction of sp³-hybridized carbons (Fsp3) is 0.647. The second kappa shape index (κ2) is 5.67. The van der Waals surface area contributed by atoms with E-state index in [0.29, 0.717) is 11.5 Å². The third-order valence-corrected chi connectivity index (χ3v) is 5.10. The molecule has 22 heavy (non-hydrogen) atoms. The first-order chi connectivity index (χ1) is 10.4. The zero-order chi connectivity index (χ0) is 15.9. The lowest BCUT2D eigenvalue weighted by atomic mass is 9.73. The normalized spacial score (nSPS) is 30.3. The summed E-state index contributed by atoms with van der Waals surface area (Å²) in [6.45, 7) is 2.16. The first-order valence-electron chi connectivity index (χ1n) is 7.84. The van der Waals surface area contributed by atoms with Crippen molar-refractivity contribution in [3.63, 3.8) is 0 Å². The SMILES string of the molecule is COc1ccc2c(c1F)OC(F)(F)C(C1CCC(C)CC1)C2. The van der Waals surface area contributed by atoms with Crippen molar-refractivity contribution in [1.82, 2.24) is 0 Å². The van der Waals surface area contributed by atoms with Crippen LogP contribution >= 0.6 is 0 Å². The number of hydrogen-bond acceptors (Lipinski definition) is 2. The molecule has 122 valence electrons. The van der Waals surface area contributed by atoms with Gasteiger partial charge in [0.15, 0.2) is 11.5 Å². The number of hydrogen-bond donors (Lipinski definition) is 0. The Morgan fingerprint density at radius 2 is 1.86 bits per heavy atom. The van der Waals surface area contributed by atoms with E-state index in [1.165, 1.54) is 13.2 Å². The van der Waals surface area contributed by atoms with Gasteiger partial charge in [-0.15, -0.1) is 0 Å². The quantitative estimate of drug-likeness (QED) is 0.780. The summed E-state index contributed by atoms with van der Waals surface area (Å²) in [6.07, 6.45) is 0.355. The second-order valence-corrected chi connectivity index (χ2v) is 6.56. The summed E-state index contributed by atoms with van der Waals surface area (Å²) < 4.78 is 52.6. The fourth-order valence-corrected chi connectivity index (χ4v) is 3.70. The Balaban J connectivity index is 1.88. The molecule has 1 aliphatic carbocycles. The van der Waals surface area contributed by atoms with E-state index < -0.39 is 17.8 Å². The first kappa shape index (κ1) is 15.5. The maximum atomic E-state index is 14.4. The largest absolute Gasteiger partial charge is 0.494 e. The Bertz CT molecular complexity index is 551. The zero-order valence-electron chi connectivity index (χ0n) is 12.9. The molecule has 1 atom stereocenters. The second-order valence-electron chi connectivity index (χ2n) is 6.56. The summed E-state index contributed by atoms with van der Waals surface area (Å²) in [6, 6.07) is 3.10. The molecule has 0 amide bonds. The van der Waals surface area contributed by atoms with Gasteiger partial charge in [-0.25, -0.2) is 0 Å². The Morgan fingerprint density at radius 1 is 1.18 bits per heavy atom. The molecule has 5 heteroatoms. The number of rotatable bonds is 2. The molecule has 2 nitrogen and oxygen atoms in total. The van der Waals surface area contributed by atoms with Crippen LogP contribution in [0, 0.1) is 23.6 Å². The van der Waals surface area contributed by atoms with Gasteiger partial charge in [-0.1, -0.05) is 25.8 Å². The van der Waals surface area contributed by atoms with Crippen LogP contribution < -0.4 is 9.47 Å². The molecule has 1 aromatic rings. The van der Waals surface area contributed by atoms with Gasteiger partial charge in [0.2, 0.25) is 5.82 Å². The lowest BCUT2D eigenvalue weighted by molar-refractivity contribution is -0.239. The van der Waals surface area contributed by atoms with E-state index in [1.54, 1.807) is 6.07 Å². The fourth-order valence-electron chi connectivity index (χ4n) is 3.70. The van der Waals surface area contributed by atoms with Gasteiger partial charge in [0.05, 0.1) is 13.0 Å². The summed E-state index contributed by atoms with van der Waals surface area (Å²) in [5, 5.41) is 0. The molecule has 0 aromatic heterocycles. The van der Waals surface area contributed by atoms with Gasteiger partial charge < -0.3 is 9.47 Å². The molecule has 1 heterocycles. The molecule has 1 fully saturated rings. The highest BCUT2D eigenvalue weighted by molar-refractivity contribution is 5.44. The minimum Gasteiger partial charge on any atom is -0.494 e. The van der Waals surface area contributed by atoms with Crippen LogP contribution in [0.15, 0.2) is 12.1 Å². The molecule has 0 N–H and O–H groups in total. The highest BCUT2D eigenvalue weighted by atomic mass is 19.3. The average Bonchev–Trinajstić information content (AvgIpc) is 2.48. The van der Waals surface area contributed by atoms with Gasteiger partial charge in [0.25, 0.3) is 0 Å². The highest BCUT2D eigenvalue weighted by Crippen LogP contribution is 2.48. The van der Waals surface area contributed by atoms with Gasteiger partial charge in [0, 0.05) is 0 Å². The lowest BCUT2D eigenvalue weighted by Gasteiger charge is -2.40. The Kier molecular flexibility index (Phi) is 4.00. The Labute approximate surface area is 128 Å².